The van der Waals surface area contributed by atoms with Crippen molar-refractivity contribution in [3.63, 3.8) is 0 Å². The third-order valence-corrected chi connectivity index (χ3v) is 5.65. The number of para-hydroxylation sites is 1. The Labute approximate surface area is 187 Å². The molecule has 2 heterocycles. The summed E-state index contributed by atoms with van der Waals surface area (Å²) in [5.41, 5.74) is 3.07. The molecule has 2 aliphatic rings. The number of hydrogen-bond acceptors (Lipinski definition) is 5. The fraction of sp³-hybridized carbons (Fsp3) is 0.375. The number of fused-ring (bicyclic) bond motifs is 1. The van der Waals surface area contributed by atoms with Crippen molar-refractivity contribution >= 4 is 29.3 Å². The third-order valence-electron chi connectivity index (χ3n) is 5.37. The van der Waals surface area contributed by atoms with Crippen LogP contribution in [-0.2, 0) is 16.1 Å². The van der Waals surface area contributed by atoms with Gasteiger partial charge in [0.25, 0.3) is 0 Å². The van der Waals surface area contributed by atoms with E-state index in [-0.39, 0.29) is 5.91 Å². The molecule has 0 unspecified atom stereocenters. The van der Waals surface area contributed by atoms with Crippen molar-refractivity contribution in [3.05, 3.63) is 58.6 Å². The lowest BCUT2D eigenvalue weighted by Crippen LogP contribution is -2.37. The van der Waals surface area contributed by atoms with Crippen LogP contribution in [-0.4, -0.2) is 57.4 Å². The molecule has 0 aromatic heterocycles. The first-order valence-corrected chi connectivity index (χ1v) is 10.9. The number of hydrogen-bond donors (Lipinski definition) is 0. The van der Waals surface area contributed by atoms with E-state index < -0.39 is 0 Å². The quantitative estimate of drug-likeness (QED) is 0.655. The number of carbonyl (C=O) groups excluding carboxylic acids is 1. The van der Waals surface area contributed by atoms with Gasteiger partial charge in [0.05, 0.1) is 31.5 Å². The monoisotopic (exact) mass is 442 g/mol. The molecule has 1 saturated heterocycles. The predicted molar refractivity (Wildman–Crippen MR) is 122 cm³/mol. The van der Waals surface area contributed by atoms with Crippen molar-refractivity contribution < 1.29 is 19.0 Å². The first kappa shape index (κ1) is 21.5. The summed E-state index contributed by atoms with van der Waals surface area (Å²) in [6.45, 7) is 4.86. The van der Waals surface area contributed by atoms with Crippen LogP contribution in [0.15, 0.2) is 42.5 Å². The molecule has 0 bridgehead atoms. The van der Waals surface area contributed by atoms with Gasteiger partial charge in [-0.3, -0.25) is 4.79 Å². The van der Waals surface area contributed by atoms with Gasteiger partial charge in [0.15, 0.2) is 11.5 Å². The van der Waals surface area contributed by atoms with E-state index in [0.29, 0.717) is 36.3 Å². The molecular formula is C24H27ClN2O4. The Morgan fingerprint density at radius 3 is 2.74 bits per heavy atom. The van der Waals surface area contributed by atoms with Gasteiger partial charge in [-0.2, -0.15) is 0 Å². The molecule has 164 valence electrons. The highest BCUT2D eigenvalue weighted by Gasteiger charge is 2.17. The lowest BCUT2D eigenvalue weighted by atomic mass is 10.1. The van der Waals surface area contributed by atoms with Crippen molar-refractivity contribution in [3.8, 4) is 11.5 Å². The molecule has 2 aliphatic heterocycles. The third kappa shape index (κ3) is 5.32. The number of morpholine rings is 1. The molecule has 4 rings (SSSR count). The molecule has 1 amide bonds. The Morgan fingerprint density at radius 1 is 1.13 bits per heavy atom. The van der Waals surface area contributed by atoms with Gasteiger partial charge in [-0.15, -0.1) is 0 Å². The van der Waals surface area contributed by atoms with Crippen molar-refractivity contribution in [2.24, 2.45) is 0 Å². The zero-order valence-corrected chi connectivity index (χ0v) is 18.4. The molecule has 0 spiro atoms. The molecule has 31 heavy (non-hydrogen) atoms. The number of likely N-dealkylation sites (N-methyl/N-ethyl adjacent to an activating group) is 1. The minimum Gasteiger partial charge on any atom is -0.489 e. The summed E-state index contributed by atoms with van der Waals surface area (Å²) in [6.07, 6.45) is 4.13. The maximum atomic E-state index is 12.8. The molecule has 2 aromatic carbocycles. The first-order chi connectivity index (χ1) is 15.1. The normalized spacial score (nSPS) is 16.3. The highest BCUT2D eigenvalue weighted by atomic mass is 35.5. The van der Waals surface area contributed by atoms with E-state index >= 15 is 0 Å². The van der Waals surface area contributed by atoms with Crippen LogP contribution in [0, 0.1) is 0 Å². The summed E-state index contributed by atoms with van der Waals surface area (Å²) in [7, 11) is 1.81. The summed E-state index contributed by atoms with van der Waals surface area (Å²) in [5, 5.41) is 0.485. The summed E-state index contributed by atoms with van der Waals surface area (Å²) in [4.78, 5) is 16.8. The van der Waals surface area contributed by atoms with Crippen LogP contribution in [0.3, 0.4) is 0 Å². The van der Waals surface area contributed by atoms with Gasteiger partial charge in [0.2, 0.25) is 5.91 Å². The molecule has 2 aromatic rings. The maximum Gasteiger partial charge on any atom is 0.246 e. The summed E-state index contributed by atoms with van der Waals surface area (Å²) in [5.74, 6) is 1.10. The van der Waals surface area contributed by atoms with Crippen LogP contribution in [0.25, 0.3) is 6.08 Å². The molecule has 0 aliphatic carbocycles. The van der Waals surface area contributed by atoms with Crippen molar-refractivity contribution in [1.29, 1.82) is 0 Å². The number of rotatable bonds is 5. The van der Waals surface area contributed by atoms with Crippen LogP contribution in [0.1, 0.15) is 17.5 Å². The smallest absolute Gasteiger partial charge is 0.246 e. The molecule has 1 fully saturated rings. The lowest BCUT2D eigenvalue weighted by molar-refractivity contribution is -0.125. The van der Waals surface area contributed by atoms with Crippen LogP contribution in [0.5, 0.6) is 11.5 Å². The Hall–Kier alpha value is -2.70. The van der Waals surface area contributed by atoms with Gasteiger partial charge < -0.3 is 24.0 Å². The van der Waals surface area contributed by atoms with Gasteiger partial charge in [-0.25, -0.2) is 0 Å². The molecule has 7 heteroatoms. The Kier molecular flexibility index (Phi) is 6.99. The molecule has 6 nitrogen and oxygen atoms in total. The lowest BCUT2D eigenvalue weighted by Gasteiger charge is -2.31. The van der Waals surface area contributed by atoms with Gasteiger partial charge in [0, 0.05) is 44.9 Å². The number of halogens is 1. The number of anilines is 1. The van der Waals surface area contributed by atoms with E-state index in [9.17, 15) is 4.79 Å². The first-order valence-electron chi connectivity index (χ1n) is 10.5. The van der Waals surface area contributed by atoms with E-state index in [1.807, 2.05) is 25.2 Å². The van der Waals surface area contributed by atoms with Crippen LogP contribution in [0.4, 0.5) is 5.69 Å². The Morgan fingerprint density at radius 2 is 1.90 bits per heavy atom. The second-order valence-corrected chi connectivity index (χ2v) is 8.04. The van der Waals surface area contributed by atoms with Gasteiger partial charge >= 0.3 is 0 Å². The topological polar surface area (TPSA) is 51.2 Å². The SMILES string of the molecule is CN(Cc1ccccc1N1CCOCC1)C(=O)C=Cc1cc(Cl)c2c(c1)OCCCO2. The minimum absolute atomic E-state index is 0.0833. The van der Waals surface area contributed by atoms with E-state index in [0.717, 1.165) is 49.5 Å². The zero-order valence-electron chi connectivity index (χ0n) is 17.7. The van der Waals surface area contributed by atoms with E-state index in [4.69, 9.17) is 25.8 Å². The maximum absolute atomic E-state index is 12.8. The number of carbonyl (C=O) groups is 1. The predicted octanol–water partition coefficient (Wildman–Crippen LogP) is 4.01. The van der Waals surface area contributed by atoms with Crippen molar-refractivity contribution in [1.82, 2.24) is 4.90 Å². The zero-order chi connectivity index (χ0) is 21.6. The highest BCUT2D eigenvalue weighted by Crippen LogP contribution is 2.38. The standard InChI is InChI=1S/C24H27ClN2O4/c1-26(17-19-5-2-3-6-21(19)27-9-13-29-14-10-27)23(28)8-7-18-15-20(25)24-22(16-18)30-11-4-12-31-24/h2-3,5-8,15-16H,4,9-14,17H2,1H3. The Bertz CT molecular complexity index is 957. The van der Waals surface area contributed by atoms with Crippen LogP contribution in [0.2, 0.25) is 5.02 Å². The van der Waals surface area contributed by atoms with Crippen LogP contribution >= 0.6 is 11.6 Å². The van der Waals surface area contributed by atoms with Gasteiger partial charge in [-0.05, 0) is 35.4 Å². The van der Waals surface area contributed by atoms with E-state index in [1.54, 1.807) is 23.1 Å². The summed E-state index contributed by atoms with van der Waals surface area (Å²) < 4.78 is 16.8. The molecule has 0 N–H and O–H groups in total. The number of nitrogens with zero attached hydrogens (tertiary/aromatic N) is 2. The minimum atomic E-state index is -0.0833. The molecule has 0 atom stereocenters. The summed E-state index contributed by atoms with van der Waals surface area (Å²) in [6, 6.07) is 11.9. The average Bonchev–Trinajstić information content (AvgIpc) is 3.04. The molecular weight excluding hydrogens is 416 g/mol. The average molecular weight is 443 g/mol. The number of amides is 1. The second kappa shape index (κ2) is 10.1. The molecule has 0 saturated carbocycles. The van der Waals surface area contributed by atoms with E-state index in [1.165, 1.54) is 0 Å². The second-order valence-electron chi connectivity index (χ2n) is 7.64. The highest BCUT2D eigenvalue weighted by molar-refractivity contribution is 6.32. The summed E-state index contributed by atoms with van der Waals surface area (Å²) >= 11 is 6.35. The fourth-order valence-electron chi connectivity index (χ4n) is 3.73. The Balaban J connectivity index is 1.44. The van der Waals surface area contributed by atoms with Crippen LogP contribution < -0.4 is 14.4 Å². The van der Waals surface area contributed by atoms with Gasteiger partial charge in [-0.1, -0.05) is 29.8 Å². The van der Waals surface area contributed by atoms with Crippen molar-refractivity contribution in [2.75, 3.05) is 51.5 Å². The number of benzene rings is 2. The molecule has 0 radical (unpaired) electrons. The van der Waals surface area contributed by atoms with Gasteiger partial charge in [0.1, 0.15) is 0 Å². The van der Waals surface area contributed by atoms with Crippen molar-refractivity contribution in [2.45, 2.75) is 13.0 Å². The fourth-order valence-corrected chi connectivity index (χ4v) is 4.01. The van der Waals surface area contributed by atoms with E-state index in [2.05, 4.69) is 17.0 Å². The number of ether oxygens (including phenoxy) is 3. The largest absolute Gasteiger partial charge is 0.489 e.